The van der Waals surface area contributed by atoms with Crippen LogP contribution < -0.4 is 5.32 Å². The fourth-order valence-electron chi connectivity index (χ4n) is 2.30. The van der Waals surface area contributed by atoms with Crippen LogP contribution in [0, 0.1) is 11.7 Å². The molecule has 0 radical (unpaired) electrons. The first-order valence-corrected chi connectivity index (χ1v) is 5.85. The Balaban J connectivity index is 2.04. The molecule has 1 aromatic rings. The second-order valence-corrected chi connectivity index (χ2v) is 4.75. The summed E-state index contributed by atoms with van der Waals surface area (Å²) in [6, 6.07) is 3.60. The van der Waals surface area contributed by atoms with Gasteiger partial charge < -0.3 is 10.4 Å². The molecule has 1 aliphatic carbocycles. The number of hydrogen-bond donors (Lipinski definition) is 2. The van der Waals surface area contributed by atoms with Crippen molar-refractivity contribution in [1.29, 1.82) is 0 Å². The Labute approximate surface area is 99.7 Å². The van der Waals surface area contributed by atoms with E-state index in [0.717, 1.165) is 25.3 Å². The molecule has 2 unspecified atom stereocenters. The van der Waals surface area contributed by atoms with Gasteiger partial charge in [0, 0.05) is 12.1 Å². The van der Waals surface area contributed by atoms with E-state index in [-0.39, 0.29) is 23.3 Å². The van der Waals surface area contributed by atoms with E-state index in [1.165, 1.54) is 12.1 Å². The highest BCUT2D eigenvalue weighted by atomic mass is 19.1. The Morgan fingerprint density at radius 1 is 1.47 bits per heavy atom. The number of nitrogens with one attached hydrogen (secondary N) is 1. The van der Waals surface area contributed by atoms with Gasteiger partial charge in [-0.25, -0.2) is 4.39 Å². The fourth-order valence-corrected chi connectivity index (χ4v) is 2.30. The lowest BCUT2D eigenvalue weighted by molar-refractivity contribution is 0.0934. The van der Waals surface area contributed by atoms with Crippen LogP contribution in [0.3, 0.4) is 0 Å². The summed E-state index contributed by atoms with van der Waals surface area (Å²) in [5.41, 5.74) is 0.131. The van der Waals surface area contributed by atoms with Crippen molar-refractivity contribution in [3.05, 3.63) is 29.6 Å². The number of carbonyl (C=O) groups is 1. The zero-order valence-electron chi connectivity index (χ0n) is 9.74. The van der Waals surface area contributed by atoms with Crippen LogP contribution >= 0.6 is 0 Å². The number of phenolic OH excluding ortho intramolecular Hbond substituents is 1. The van der Waals surface area contributed by atoms with Gasteiger partial charge in [-0.2, -0.15) is 0 Å². The summed E-state index contributed by atoms with van der Waals surface area (Å²) in [5, 5.41) is 12.4. The summed E-state index contributed by atoms with van der Waals surface area (Å²) < 4.78 is 12.8. The predicted octanol–water partition coefficient (Wildman–Crippen LogP) is 2.45. The Morgan fingerprint density at radius 2 is 2.24 bits per heavy atom. The van der Waals surface area contributed by atoms with E-state index >= 15 is 0 Å². The summed E-state index contributed by atoms with van der Waals surface area (Å²) in [4.78, 5) is 11.8. The maximum atomic E-state index is 12.8. The van der Waals surface area contributed by atoms with Crippen molar-refractivity contribution in [3.63, 3.8) is 0 Å². The van der Waals surface area contributed by atoms with Gasteiger partial charge in [-0.05, 0) is 37.3 Å². The van der Waals surface area contributed by atoms with Gasteiger partial charge in [0.05, 0.1) is 5.56 Å². The van der Waals surface area contributed by atoms with E-state index < -0.39 is 5.82 Å². The molecule has 2 atom stereocenters. The lowest BCUT2D eigenvalue weighted by Gasteiger charge is -2.13. The molecule has 0 bridgehead atoms. The maximum absolute atomic E-state index is 12.8. The average Bonchev–Trinajstić information content (AvgIpc) is 2.63. The van der Waals surface area contributed by atoms with E-state index in [0.29, 0.717) is 5.92 Å². The van der Waals surface area contributed by atoms with Crippen molar-refractivity contribution >= 4 is 5.91 Å². The van der Waals surface area contributed by atoms with Crippen LogP contribution in [0.15, 0.2) is 18.2 Å². The van der Waals surface area contributed by atoms with Crippen molar-refractivity contribution in [2.24, 2.45) is 5.92 Å². The van der Waals surface area contributed by atoms with Crippen LogP contribution in [0.2, 0.25) is 0 Å². The lowest BCUT2D eigenvalue weighted by Crippen LogP contribution is -2.32. The number of halogens is 1. The molecule has 17 heavy (non-hydrogen) atoms. The highest BCUT2D eigenvalue weighted by Crippen LogP contribution is 2.25. The minimum atomic E-state index is -0.548. The monoisotopic (exact) mass is 237 g/mol. The SMILES string of the molecule is CC1CCC(NC(=O)c2ccc(F)cc2O)C1. The average molecular weight is 237 g/mol. The molecule has 0 aliphatic heterocycles. The number of amides is 1. The quantitative estimate of drug-likeness (QED) is 0.830. The summed E-state index contributed by atoms with van der Waals surface area (Å²) in [6.45, 7) is 2.15. The van der Waals surface area contributed by atoms with Gasteiger partial charge in [0.25, 0.3) is 5.91 Å². The second kappa shape index (κ2) is 4.73. The van der Waals surface area contributed by atoms with E-state index in [1.807, 2.05) is 0 Å². The summed E-state index contributed by atoms with van der Waals surface area (Å²) in [6.07, 6.45) is 3.04. The van der Waals surface area contributed by atoms with Gasteiger partial charge in [0.15, 0.2) is 0 Å². The van der Waals surface area contributed by atoms with Crippen LogP contribution in [0.5, 0.6) is 5.75 Å². The summed E-state index contributed by atoms with van der Waals surface area (Å²) >= 11 is 0. The van der Waals surface area contributed by atoms with Gasteiger partial charge in [0.2, 0.25) is 0 Å². The van der Waals surface area contributed by atoms with Crippen LogP contribution in [0.1, 0.15) is 36.5 Å². The molecule has 1 aliphatic rings. The Hall–Kier alpha value is -1.58. The second-order valence-electron chi connectivity index (χ2n) is 4.75. The van der Waals surface area contributed by atoms with Crippen molar-refractivity contribution < 1.29 is 14.3 Å². The molecule has 0 spiro atoms. The van der Waals surface area contributed by atoms with Gasteiger partial charge in [-0.1, -0.05) is 6.92 Å². The molecule has 1 aromatic carbocycles. The van der Waals surface area contributed by atoms with Crippen molar-refractivity contribution in [3.8, 4) is 5.75 Å². The molecule has 92 valence electrons. The molecule has 2 rings (SSSR count). The molecular weight excluding hydrogens is 221 g/mol. The molecule has 0 saturated heterocycles. The Bertz CT molecular complexity index is 433. The smallest absolute Gasteiger partial charge is 0.255 e. The van der Waals surface area contributed by atoms with Crippen LogP contribution in [0.4, 0.5) is 4.39 Å². The molecule has 2 N–H and O–H groups in total. The first-order valence-electron chi connectivity index (χ1n) is 5.85. The molecule has 1 saturated carbocycles. The molecular formula is C13H16FNO2. The largest absolute Gasteiger partial charge is 0.507 e. The minimum Gasteiger partial charge on any atom is -0.507 e. The van der Waals surface area contributed by atoms with E-state index in [1.54, 1.807) is 0 Å². The maximum Gasteiger partial charge on any atom is 0.255 e. The lowest BCUT2D eigenvalue weighted by atomic mass is 10.1. The van der Waals surface area contributed by atoms with Crippen LogP contribution in [-0.4, -0.2) is 17.1 Å². The summed E-state index contributed by atoms with van der Waals surface area (Å²) in [7, 11) is 0. The Morgan fingerprint density at radius 3 is 2.82 bits per heavy atom. The van der Waals surface area contributed by atoms with Gasteiger partial charge in [-0.15, -0.1) is 0 Å². The van der Waals surface area contributed by atoms with Gasteiger partial charge in [-0.3, -0.25) is 4.79 Å². The van der Waals surface area contributed by atoms with Crippen molar-refractivity contribution in [1.82, 2.24) is 5.32 Å². The van der Waals surface area contributed by atoms with Crippen LogP contribution in [0.25, 0.3) is 0 Å². The third-order valence-electron chi connectivity index (χ3n) is 3.23. The first kappa shape index (κ1) is 11.9. The molecule has 1 fully saturated rings. The third-order valence-corrected chi connectivity index (χ3v) is 3.23. The highest BCUT2D eigenvalue weighted by molar-refractivity contribution is 5.96. The molecule has 4 heteroatoms. The molecule has 1 amide bonds. The van der Waals surface area contributed by atoms with E-state index in [2.05, 4.69) is 12.2 Å². The standard InChI is InChI=1S/C13H16FNO2/c1-8-2-4-10(6-8)15-13(17)11-5-3-9(14)7-12(11)16/h3,5,7-8,10,16H,2,4,6H2,1H3,(H,15,17). The van der Waals surface area contributed by atoms with Crippen molar-refractivity contribution in [2.75, 3.05) is 0 Å². The summed E-state index contributed by atoms with van der Waals surface area (Å²) in [5.74, 6) is -0.564. The van der Waals surface area contributed by atoms with E-state index in [4.69, 9.17) is 0 Å². The van der Waals surface area contributed by atoms with Crippen LogP contribution in [-0.2, 0) is 0 Å². The minimum absolute atomic E-state index is 0.131. The number of carbonyl (C=O) groups excluding carboxylic acids is 1. The fraction of sp³-hybridized carbons (Fsp3) is 0.462. The first-order chi connectivity index (χ1) is 8.06. The van der Waals surface area contributed by atoms with Gasteiger partial charge in [0.1, 0.15) is 11.6 Å². The number of aromatic hydroxyl groups is 1. The predicted molar refractivity (Wildman–Crippen MR) is 62.3 cm³/mol. The Kier molecular flexibility index (Phi) is 3.31. The normalized spacial score (nSPS) is 23.6. The highest BCUT2D eigenvalue weighted by Gasteiger charge is 2.23. The number of hydrogen-bond acceptors (Lipinski definition) is 2. The third kappa shape index (κ3) is 2.75. The topological polar surface area (TPSA) is 49.3 Å². The number of rotatable bonds is 2. The number of benzene rings is 1. The zero-order chi connectivity index (χ0) is 12.4. The van der Waals surface area contributed by atoms with Crippen molar-refractivity contribution in [2.45, 2.75) is 32.2 Å². The number of phenols is 1. The molecule has 0 heterocycles. The zero-order valence-corrected chi connectivity index (χ0v) is 9.74. The molecule has 0 aromatic heterocycles. The van der Waals surface area contributed by atoms with Gasteiger partial charge >= 0.3 is 0 Å². The van der Waals surface area contributed by atoms with E-state index in [9.17, 15) is 14.3 Å². The molecule has 3 nitrogen and oxygen atoms in total.